The van der Waals surface area contributed by atoms with E-state index in [1.807, 2.05) is 0 Å². The molecule has 0 bridgehead atoms. The fraction of sp³-hybridized carbons (Fsp3) is 0.875. The zero-order valence-corrected chi connectivity index (χ0v) is 9.53. The number of carboxylic acid groups (broad SMARTS) is 1. The van der Waals surface area contributed by atoms with Gasteiger partial charge in [0.15, 0.2) is 0 Å². The van der Waals surface area contributed by atoms with Crippen LogP contribution < -0.4 is 0 Å². The summed E-state index contributed by atoms with van der Waals surface area (Å²) in [5.41, 5.74) is 0. The Morgan fingerprint density at radius 1 is 1.40 bits per heavy atom. The Hall–Kier alpha value is -0.330. The highest BCUT2D eigenvalue weighted by molar-refractivity contribution is 9.10. The first-order valence-corrected chi connectivity index (χ1v) is 5.08. The average Bonchev–Trinajstić information content (AvgIpc) is 2.02. The first-order valence-electron chi connectivity index (χ1n) is 4.29. The van der Waals surface area contributed by atoms with E-state index in [0.29, 0.717) is 0 Å². The van der Waals surface area contributed by atoms with E-state index in [1.165, 1.54) is 6.92 Å². The second-order valence-corrected chi connectivity index (χ2v) is 4.18. The van der Waals surface area contributed by atoms with Crippen LogP contribution in [0, 0.1) is 5.92 Å². The van der Waals surface area contributed by atoms with E-state index in [-0.39, 0.29) is 6.42 Å². The molecule has 1 atom stereocenters. The minimum Gasteiger partial charge on any atom is -0.481 e. The molecule has 0 aromatic rings. The predicted molar refractivity (Wildman–Crippen MR) is 49.5 cm³/mol. The van der Waals surface area contributed by atoms with Gasteiger partial charge in [-0.1, -0.05) is 6.92 Å². The van der Waals surface area contributed by atoms with Crippen LogP contribution in [0.3, 0.4) is 0 Å². The Balaban J connectivity index is 4.31. The molecule has 0 heterocycles. The van der Waals surface area contributed by atoms with Gasteiger partial charge in [-0.05, 0) is 28.8 Å². The molecule has 0 aliphatic carbocycles. The van der Waals surface area contributed by atoms with Crippen LogP contribution in [0.2, 0.25) is 0 Å². The van der Waals surface area contributed by atoms with Gasteiger partial charge < -0.3 is 5.11 Å². The molecule has 0 saturated carbocycles. The van der Waals surface area contributed by atoms with E-state index in [2.05, 4.69) is 0 Å². The molecule has 1 unspecified atom stereocenters. The second-order valence-electron chi connectivity index (χ2n) is 3.18. The van der Waals surface area contributed by atoms with E-state index in [1.54, 1.807) is 15.9 Å². The predicted octanol–water partition coefficient (Wildman–Crippen LogP) is 3.50. The van der Waals surface area contributed by atoms with Gasteiger partial charge in [0.05, 0.1) is 5.92 Å². The number of halogens is 5. The molecule has 0 aromatic heterocycles. The van der Waals surface area contributed by atoms with Crippen LogP contribution in [0.15, 0.2) is 0 Å². The zero-order chi connectivity index (χ0) is 12.3. The number of carboxylic acids is 1. The van der Waals surface area contributed by atoms with Gasteiger partial charge in [0.1, 0.15) is 0 Å². The molecular formula is C8H11BrF4O2. The summed E-state index contributed by atoms with van der Waals surface area (Å²) < 4.78 is 50.0. The minimum absolute atomic E-state index is 0.138. The molecule has 0 fully saturated rings. The summed E-state index contributed by atoms with van der Waals surface area (Å²) in [6, 6.07) is 0. The molecule has 0 aromatic carbocycles. The van der Waals surface area contributed by atoms with Gasteiger partial charge >= 0.3 is 16.7 Å². The summed E-state index contributed by atoms with van der Waals surface area (Å²) in [6.45, 7) is 1.50. The highest BCUT2D eigenvalue weighted by atomic mass is 79.9. The summed E-state index contributed by atoms with van der Waals surface area (Å²) >= 11 is 1.58. The molecule has 90 valence electrons. The summed E-state index contributed by atoms with van der Waals surface area (Å²) in [4.78, 5) is 6.16. The lowest BCUT2D eigenvalue weighted by atomic mass is 9.98. The van der Waals surface area contributed by atoms with Gasteiger partial charge in [-0.15, -0.1) is 0 Å². The summed E-state index contributed by atoms with van der Waals surface area (Å²) in [5, 5.41) is 8.53. The molecule has 0 rings (SSSR count). The van der Waals surface area contributed by atoms with Crippen molar-refractivity contribution >= 4 is 21.9 Å². The smallest absolute Gasteiger partial charge is 0.363 e. The summed E-state index contributed by atoms with van der Waals surface area (Å²) in [5.74, 6) is -6.48. The molecule has 0 amide bonds. The van der Waals surface area contributed by atoms with Crippen LogP contribution in [0.4, 0.5) is 17.6 Å². The lowest BCUT2D eigenvalue weighted by Gasteiger charge is -2.22. The van der Waals surface area contributed by atoms with Crippen molar-refractivity contribution in [3.63, 3.8) is 0 Å². The lowest BCUT2D eigenvalue weighted by molar-refractivity contribution is -0.157. The number of alkyl halides is 5. The van der Waals surface area contributed by atoms with Crippen LogP contribution in [-0.2, 0) is 4.79 Å². The SMILES string of the molecule is CCC(CCC(F)(F)C(F)(F)Br)C(=O)O. The largest absolute Gasteiger partial charge is 0.481 e. The third kappa shape index (κ3) is 4.36. The molecule has 2 nitrogen and oxygen atoms in total. The molecular weight excluding hydrogens is 284 g/mol. The van der Waals surface area contributed by atoms with Gasteiger partial charge in [0, 0.05) is 6.42 Å². The molecule has 0 radical (unpaired) electrons. The normalized spacial score (nSPS) is 15.1. The van der Waals surface area contributed by atoms with Crippen molar-refractivity contribution in [3.05, 3.63) is 0 Å². The molecule has 1 N–H and O–H groups in total. The standard InChI is InChI=1S/C8H11BrF4O2/c1-2-5(6(14)15)3-4-7(10,11)8(9,12)13/h5H,2-4H2,1H3,(H,14,15). The number of aliphatic carboxylic acids is 1. The van der Waals surface area contributed by atoms with E-state index < -0.39 is 35.5 Å². The van der Waals surface area contributed by atoms with Crippen LogP contribution in [-0.4, -0.2) is 21.8 Å². The maximum Gasteiger partial charge on any atom is 0.363 e. The Morgan fingerprint density at radius 3 is 2.13 bits per heavy atom. The summed E-state index contributed by atoms with van der Waals surface area (Å²) in [7, 11) is 0. The third-order valence-corrected chi connectivity index (χ3v) is 2.64. The van der Waals surface area contributed by atoms with Gasteiger partial charge in [0.25, 0.3) is 0 Å². The first kappa shape index (κ1) is 14.7. The Kier molecular flexibility index (Phi) is 5.02. The molecule has 0 aliphatic rings. The number of hydrogen-bond acceptors (Lipinski definition) is 1. The molecule has 0 aliphatic heterocycles. The topological polar surface area (TPSA) is 37.3 Å². The van der Waals surface area contributed by atoms with Crippen LogP contribution in [0.1, 0.15) is 26.2 Å². The molecule has 0 spiro atoms. The Labute approximate surface area is 92.8 Å². The molecule has 15 heavy (non-hydrogen) atoms. The zero-order valence-electron chi connectivity index (χ0n) is 7.94. The van der Waals surface area contributed by atoms with Crippen molar-refractivity contribution in [1.29, 1.82) is 0 Å². The summed E-state index contributed by atoms with van der Waals surface area (Å²) in [6.07, 6.45) is -1.49. The van der Waals surface area contributed by atoms with E-state index >= 15 is 0 Å². The third-order valence-electron chi connectivity index (χ3n) is 2.06. The van der Waals surface area contributed by atoms with Crippen molar-refractivity contribution in [2.24, 2.45) is 5.92 Å². The van der Waals surface area contributed by atoms with Crippen molar-refractivity contribution in [2.75, 3.05) is 0 Å². The number of carbonyl (C=O) groups is 1. The van der Waals surface area contributed by atoms with E-state index in [0.717, 1.165) is 0 Å². The highest BCUT2D eigenvalue weighted by Gasteiger charge is 2.53. The van der Waals surface area contributed by atoms with Crippen LogP contribution in [0.5, 0.6) is 0 Å². The van der Waals surface area contributed by atoms with Crippen molar-refractivity contribution in [1.82, 2.24) is 0 Å². The monoisotopic (exact) mass is 294 g/mol. The fourth-order valence-corrected chi connectivity index (χ4v) is 1.20. The van der Waals surface area contributed by atoms with Gasteiger partial charge in [-0.2, -0.15) is 17.6 Å². The number of hydrogen-bond donors (Lipinski definition) is 1. The van der Waals surface area contributed by atoms with E-state index in [9.17, 15) is 22.4 Å². The van der Waals surface area contributed by atoms with Crippen molar-refractivity contribution in [2.45, 2.75) is 36.9 Å². The maximum atomic E-state index is 12.7. The Bertz CT molecular complexity index is 227. The quantitative estimate of drug-likeness (QED) is 0.601. The average molecular weight is 295 g/mol. The van der Waals surface area contributed by atoms with Gasteiger partial charge in [-0.3, -0.25) is 4.79 Å². The second kappa shape index (κ2) is 5.14. The van der Waals surface area contributed by atoms with Crippen LogP contribution in [0.25, 0.3) is 0 Å². The molecule has 7 heteroatoms. The Morgan fingerprint density at radius 2 is 1.87 bits per heavy atom. The first-order chi connectivity index (χ1) is 6.62. The van der Waals surface area contributed by atoms with Crippen LogP contribution >= 0.6 is 15.9 Å². The lowest BCUT2D eigenvalue weighted by Crippen LogP contribution is -2.35. The van der Waals surface area contributed by atoms with Crippen molar-refractivity contribution in [3.8, 4) is 0 Å². The van der Waals surface area contributed by atoms with Crippen molar-refractivity contribution < 1.29 is 27.5 Å². The minimum atomic E-state index is -4.29. The van der Waals surface area contributed by atoms with Gasteiger partial charge in [-0.25, -0.2) is 0 Å². The van der Waals surface area contributed by atoms with E-state index in [4.69, 9.17) is 5.11 Å². The maximum absolute atomic E-state index is 12.7. The number of rotatable bonds is 6. The molecule has 0 saturated heterocycles. The highest BCUT2D eigenvalue weighted by Crippen LogP contribution is 2.43. The van der Waals surface area contributed by atoms with Gasteiger partial charge in [0.2, 0.25) is 0 Å². The fourth-order valence-electron chi connectivity index (χ4n) is 0.999.